The van der Waals surface area contributed by atoms with Crippen molar-refractivity contribution in [2.45, 2.75) is 27.2 Å². The molecule has 0 radical (unpaired) electrons. The number of rotatable bonds is 8. The van der Waals surface area contributed by atoms with E-state index in [2.05, 4.69) is 10.6 Å². The van der Waals surface area contributed by atoms with Crippen molar-refractivity contribution in [3.63, 3.8) is 0 Å². The van der Waals surface area contributed by atoms with E-state index in [1.807, 2.05) is 32.9 Å². The normalized spacial score (nSPS) is 10.0. The molecule has 6 heteroatoms. The molecule has 0 aromatic heterocycles. The lowest BCUT2D eigenvalue weighted by Gasteiger charge is -2.20. The number of carbonyl (C=O) groups excluding carboxylic acids is 3. The van der Waals surface area contributed by atoms with E-state index in [9.17, 15) is 14.4 Å². The van der Waals surface area contributed by atoms with Crippen LogP contribution in [-0.2, 0) is 9.59 Å². The summed E-state index contributed by atoms with van der Waals surface area (Å²) in [5.74, 6) is -0.516. The smallest absolute Gasteiger partial charge is 0.251 e. The Balaban J connectivity index is 2.44. The Kier molecular flexibility index (Phi) is 7.80. The zero-order valence-electron chi connectivity index (χ0n) is 14.0. The number of aryl methyl sites for hydroxylation is 1. The number of hydrogen-bond acceptors (Lipinski definition) is 3. The standard InChI is InChI=1S/C17H25N3O3/c1-4-18-15(21)12-20(5-2)16(22)10-11-19-17(23)14-9-7-6-8-13(14)3/h6-9H,4-5,10-12H2,1-3H3,(H,18,21)(H,19,23). The van der Waals surface area contributed by atoms with Gasteiger partial charge in [-0.3, -0.25) is 14.4 Å². The molecule has 1 rings (SSSR count). The van der Waals surface area contributed by atoms with E-state index in [1.54, 1.807) is 12.1 Å². The largest absolute Gasteiger partial charge is 0.355 e. The van der Waals surface area contributed by atoms with Crippen LogP contribution in [0.3, 0.4) is 0 Å². The fourth-order valence-corrected chi connectivity index (χ4v) is 2.17. The van der Waals surface area contributed by atoms with Crippen molar-refractivity contribution in [1.82, 2.24) is 15.5 Å². The maximum atomic E-state index is 12.1. The van der Waals surface area contributed by atoms with Gasteiger partial charge in [0.15, 0.2) is 0 Å². The molecule has 0 aliphatic rings. The van der Waals surface area contributed by atoms with Gasteiger partial charge in [-0.05, 0) is 32.4 Å². The zero-order valence-corrected chi connectivity index (χ0v) is 14.0. The maximum absolute atomic E-state index is 12.1. The van der Waals surface area contributed by atoms with Crippen LogP contribution in [0.1, 0.15) is 36.2 Å². The second kappa shape index (κ2) is 9.61. The summed E-state index contributed by atoms with van der Waals surface area (Å²) in [6, 6.07) is 7.29. The van der Waals surface area contributed by atoms with E-state index in [-0.39, 0.29) is 37.2 Å². The first-order chi connectivity index (χ1) is 11.0. The number of benzene rings is 1. The Morgan fingerprint density at radius 1 is 1.09 bits per heavy atom. The van der Waals surface area contributed by atoms with Crippen LogP contribution < -0.4 is 10.6 Å². The highest BCUT2D eigenvalue weighted by atomic mass is 16.2. The number of likely N-dealkylation sites (N-methyl/N-ethyl adjacent to an activating group) is 2. The molecule has 0 atom stereocenters. The first-order valence-electron chi connectivity index (χ1n) is 7.87. The van der Waals surface area contributed by atoms with Gasteiger partial charge < -0.3 is 15.5 Å². The summed E-state index contributed by atoms with van der Waals surface area (Å²) in [5, 5.41) is 5.41. The van der Waals surface area contributed by atoms with Crippen LogP contribution in [0.2, 0.25) is 0 Å². The predicted molar refractivity (Wildman–Crippen MR) is 89.1 cm³/mol. The van der Waals surface area contributed by atoms with Crippen LogP contribution in [-0.4, -0.2) is 48.8 Å². The van der Waals surface area contributed by atoms with Crippen molar-refractivity contribution >= 4 is 17.7 Å². The Morgan fingerprint density at radius 3 is 2.39 bits per heavy atom. The topological polar surface area (TPSA) is 78.5 Å². The first kappa shape index (κ1) is 18.7. The molecule has 126 valence electrons. The highest BCUT2D eigenvalue weighted by Gasteiger charge is 2.15. The van der Waals surface area contributed by atoms with Crippen molar-refractivity contribution in [1.29, 1.82) is 0 Å². The number of nitrogens with zero attached hydrogens (tertiary/aromatic N) is 1. The van der Waals surface area contributed by atoms with E-state index < -0.39 is 0 Å². The van der Waals surface area contributed by atoms with Gasteiger partial charge in [-0.2, -0.15) is 0 Å². The average Bonchev–Trinajstić information content (AvgIpc) is 2.53. The lowest BCUT2D eigenvalue weighted by atomic mass is 10.1. The monoisotopic (exact) mass is 319 g/mol. The van der Waals surface area contributed by atoms with Crippen LogP contribution in [0, 0.1) is 6.92 Å². The van der Waals surface area contributed by atoms with Gasteiger partial charge >= 0.3 is 0 Å². The predicted octanol–water partition coefficient (Wildman–Crippen LogP) is 1.10. The fraction of sp³-hybridized carbons (Fsp3) is 0.471. The van der Waals surface area contributed by atoms with Crippen molar-refractivity contribution in [3.05, 3.63) is 35.4 Å². The maximum Gasteiger partial charge on any atom is 0.251 e. The van der Waals surface area contributed by atoms with Crippen LogP contribution >= 0.6 is 0 Å². The van der Waals surface area contributed by atoms with Gasteiger partial charge in [0.2, 0.25) is 11.8 Å². The van der Waals surface area contributed by atoms with Gasteiger partial charge in [0.1, 0.15) is 0 Å². The molecule has 6 nitrogen and oxygen atoms in total. The molecule has 3 amide bonds. The average molecular weight is 319 g/mol. The molecule has 0 heterocycles. The minimum atomic E-state index is -0.192. The summed E-state index contributed by atoms with van der Waals surface area (Å²) < 4.78 is 0. The summed E-state index contributed by atoms with van der Waals surface area (Å²) in [4.78, 5) is 37.2. The molecule has 0 spiro atoms. The summed E-state index contributed by atoms with van der Waals surface area (Å²) in [7, 11) is 0. The molecule has 0 saturated carbocycles. The molecule has 0 fully saturated rings. The molecule has 1 aromatic rings. The van der Waals surface area contributed by atoms with E-state index in [4.69, 9.17) is 0 Å². The molecule has 0 aliphatic carbocycles. The second-order valence-electron chi connectivity index (χ2n) is 5.18. The van der Waals surface area contributed by atoms with E-state index >= 15 is 0 Å². The molecule has 0 aliphatic heterocycles. The molecule has 0 bridgehead atoms. The van der Waals surface area contributed by atoms with Gasteiger partial charge in [0, 0.05) is 31.6 Å². The van der Waals surface area contributed by atoms with E-state index in [0.717, 1.165) is 5.56 Å². The number of amides is 3. The first-order valence-corrected chi connectivity index (χ1v) is 7.87. The minimum absolute atomic E-state index is 0.0505. The number of nitrogens with one attached hydrogen (secondary N) is 2. The van der Waals surface area contributed by atoms with Crippen LogP contribution in [0.15, 0.2) is 24.3 Å². The Hall–Kier alpha value is -2.37. The minimum Gasteiger partial charge on any atom is -0.355 e. The van der Waals surface area contributed by atoms with Crippen LogP contribution in [0.4, 0.5) is 0 Å². The van der Waals surface area contributed by atoms with Crippen molar-refractivity contribution in [2.24, 2.45) is 0 Å². The quantitative estimate of drug-likeness (QED) is 0.753. The van der Waals surface area contributed by atoms with Crippen LogP contribution in [0.25, 0.3) is 0 Å². The van der Waals surface area contributed by atoms with Gasteiger partial charge in [-0.1, -0.05) is 18.2 Å². The Morgan fingerprint density at radius 2 is 1.78 bits per heavy atom. The molecule has 0 unspecified atom stereocenters. The van der Waals surface area contributed by atoms with E-state index in [0.29, 0.717) is 18.7 Å². The molecule has 23 heavy (non-hydrogen) atoms. The zero-order chi connectivity index (χ0) is 17.2. The van der Waals surface area contributed by atoms with Gasteiger partial charge in [0.05, 0.1) is 6.54 Å². The highest BCUT2D eigenvalue weighted by Crippen LogP contribution is 2.06. The lowest BCUT2D eigenvalue weighted by molar-refractivity contribution is -0.135. The summed E-state index contributed by atoms with van der Waals surface area (Å²) >= 11 is 0. The summed E-state index contributed by atoms with van der Waals surface area (Å²) in [5.41, 5.74) is 1.50. The van der Waals surface area contributed by atoms with Gasteiger partial charge in [-0.25, -0.2) is 0 Å². The Labute approximate surface area is 137 Å². The van der Waals surface area contributed by atoms with E-state index in [1.165, 1.54) is 4.90 Å². The van der Waals surface area contributed by atoms with Gasteiger partial charge in [-0.15, -0.1) is 0 Å². The Bertz CT molecular complexity index is 558. The molecule has 0 saturated heterocycles. The lowest BCUT2D eigenvalue weighted by Crippen LogP contribution is -2.41. The SMILES string of the molecule is CCNC(=O)CN(CC)C(=O)CCNC(=O)c1ccccc1C. The third-order valence-electron chi connectivity index (χ3n) is 3.46. The third-order valence-corrected chi connectivity index (χ3v) is 3.46. The number of hydrogen-bond donors (Lipinski definition) is 2. The third kappa shape index (κ3) is 6.10. The van der Waals surface area contributed by atoms with Crippen LogP contribution in [0.5, 0.6) is 0 Å². The molecule has 1 aromatic carbocycles. The summed E-state index contributed by atoms with van der Waals surface area (Å²) in [6.45, 7) is 6.82. The summed E-state index contributed by atoms with van der Waals surface area (Å²) in [6.07, 6.45) is 0.171. The van der Waals surface area contributed by atoms with Gasteiger partial charge in [0.25, 0.3) is 5.91 Å². The molecule has 2 N–H and O–H groups in total. The second-order valence-corrected chi connectivity index (χ2v) is 5.18. The fourth-order valence-electron chi connectivity index (χ4n) is 2.17. The van der Waals surface area contributed by atoms with Crippen molar-refractivity contribution < 1.29 is 14.4 Å². The number of carbonyl (C=O) groups is 3. The van der Waals surface area contributed by atoms with Crippen molar-refractivity contribution in [2.75, 3.05) is 26.2 Å². The van der Waals surface area contributed by atoms with Crippen molar-refractivity contribution in [3.8, 4) is 0 Å². The molecular weight excluding hydrogens is 294 g/mol. The molecular formula is C17H25N3O3. The highest BCUT2D eigenvalue weighted by molar-refractivity contribution is 5.95.